The van der Waals surface area contributed by atoms with E-state index in [1.54, 1.807) is 24.3 Å². The van der Waals surface area contributed by atoms with Crippen molar-refractivity contribution in [2.75, 3.05) is 5.32 Å². The molecule has 2 aromatic rings. The van der Waals surface area contributed by atoms with Gasteiger partial charge in [-0.25, -0.2) is 4.79 Å². The third-order valence-corrected chi connectivity index (χ3v) is 4.36. The number of carbonyl (C=O) groups excluding carboxylic acids is 1. The highest BCUT2D eigenvalue weighted by atomic mass is 35.5. The summed E-state index contributed by atoms with van der Waals surface area (Å²) in [6, 6.07) is 6.89. The van der Waals surface area contributed by atoms with E-state index in [0.717, 1.165) is 11.6 Å². The summed E-state index contributed by atoms with van der Waals surface area (Å²) in [5.74, 6) is -1.30. The largest absolute Gasteiger partial charge is 0.478 e. The Hall–Kier alpha value is -2.11. The van der Waals surface area contributed by atoms with Crippen LogP contribution in [0.4, 0.5) is 5.69 Å². The average Bonchev–Trinajstić information content (AvgIpc) is 2.77. The number of thiophene rings is 1. The van der Waals surface area contributed by atoms with Gasteiger partial charge in [-0.1, -0.05) is 23.7 Å². The van der Waals surface area contributed by atoms with Crippen molar-refractivity contribution in [3.8, 4) is 0 Å². The van der Waals surface area contributed by atoms with Crippen LogP contribution >= 0.6 is 22.9 Å². The van der Waals surface area contributed by atoms with Gasteiger partial charge in [0.2, 0.25) is 0 Å². The van der Waals surface area contributed by atoms with Crippen LogP contribution < -0.4 is 5.32 Å². The number of nitrogens with one attached hydrogen (secondary N) is 1. The molecule has 4 nitrogen and oxygen atoms in total. The SMILES string of the molecule is Cc1csc(C(=O)Nc2cccc(/C=C/C(=O)O)c2)c1Cl. The Labute approximate surface area is 130 Å². The highest BCUT2D eigenvalue weighted by Crippen LogP contribution is 2.28. The number of hydrogen-bond acceptors (Lipinski definition) is 3. The number of aryl methyl sites for hydroxylation is 1. The van der Waals surface area contributed by atoms with E-state index in [1.807, 2.05) is 12.3 Å². The number of hydrogen-bond donors (Lipinski definition) is 2. The summed E-state index contributed by atoms with van der Waals surface area (Å²) in [5, 5.41) is 13.6. The van der Waals surface area contributed by atoms with Crippen LogP contribution in [-0.2, 0) is 4.79 Å². The molecular formula is C15H12ClNO3S. The second-order valence-electron chi connectivity index (χ2n) is 4.31. The Kier molecular flexibility index (Phi) is 4.77. The van der Waals surface area contributed by atoms with E-state index in [4.69, 9.17) is 16.7 Å². The molecule has 2 N–H and O–H groups in total. The van der Waals surface area contributed by atoms with Crippen molar-refractivity contribution in [1.82, 2.24) is 0 Å². The fraction of sp³-hybridized carbons (Fsp3) is 0.0667. The predicted molar refractivity (Wildman–Crippen MR) is 85.1 cm³/mol. The molecule has 0 unspecified atom stereocenters. The molecule has 0 fully saturated rings. The molecule has 0 saturated carbocycles. The molecule has 2 rings (SSSR count). The maximum atomic E-state index is 12.1. The highest BCUT2D eigenvalue weighted by Gasteiger charge is 2.14. The summed E-state index contributed by atoms with van der Waals surface area (Å²) in [5.41, 5.74) is 2.13. The van der Waals surface area contributed by atoms with E-state index >= 15 is 0 Å². The molecule has 6 heteroatoms. The lowest BCUT2D eigenvalue weighted by atomic mass is 10.2. The van der Waals surface area contributed by atoms with Gasteiger partial charge in [-0.15, -0.1) is 11.3 Å². The van der Waals surface area contributed by atoms with Crippen LogP contribution in [0.15, 0.2) is 35.7 Å². The Morgan fingerprint density at radius 2 is 2.14 bits per heavy atom. The van der Waals surface area contributed by atoms with Crippen LogP contribution in [0.5, 0.6) is 0 Å². The quantitative estimate of drug-likeness (QED) is 0.834. The summed E-state index contributed by atoms with van der Waals surface area (Å²) >= 11 is 7.35. The first-order chi connectivity index (χ1) is 9.97. The fourth-order valence-electron chi connectivity index (χ4n) is 1.66. The maximum Gasteiger partial charge on any atom is 0.328 e. The number of benzene rings is 1. The van der Waals surface area contributed by atoms with Crippen LogP contribution in [0.1, 0.15) is 20.8 Å². The average molecular weight is 322 g/mol. The number of rotatable bonds is 4. The van der Waals surface area contributed by atoms with Gasteiger partial charge >= 0.3 is 5.97 Å². The first kappa shape index (κ1) is 15.3. The molecule has 0 radical (unpaired) electrons. The summed E-state index contributed by atoms with van der Waals surface area (Å²) in [6.07, 6.45) is 2.50. The van der Waals surface area contributed by atoms with Crippen LogP contribution in [0.2, 0.25) is 5.02 Å². The number of carboxylic acids is 1. The highest BCUT2D eigenvalue weighted by molar-refractivity contribution is 7.13. The molecule has 1 aromatic heterocycles. The predicted octanol–water partition coefficient (Wildman–Crippen LogP) is 4.06. The molecule has 1 heterocycles. The number of halogens is 1. The third-order valence-electron chi connectivity index (χ3n) is 2.67. The van der Waals surface area contributed by atoms with Crippen LogP contribution in [0.25, 0.3) is 6.08 Å². The molecule has 0 atom stereocenters. The monoisotopic (exact) mass is 321 g/mol. The van der Waals surface area contributed by atoms with Gasteiger partial charge < -0.3 is 10.4 Å². The summed E-state index contributed by atoms with van der Waals surface area (Å²) in [6.45, 7) is 1.84. The zero-order valence-electron chi connectivity index (χ0n) is 11.1. The molecule has 0 aliphatic rings. The number of amides is 1. The summed E-state index contributed by atoms with van der Waals surface area (Å²) < 4.78 is 0. The van der Waals surface area contributed by atoms with Crippen LogP contribution in [-0.4, -0.2) is 17.0 Å². The van der Waals surface area contributed by atoms with E-state index in [-0.39, 0.29) is 5.91 Å². The zero-order chi connectivity index (χ0) is 15.4. The Bertz CT molecular complexity index is 721. The fourth-order valence-corrected chi connectivity index (χ4v) is 2.83. The van der Waals surface area contributed by atoms with Gasteiger partial charge in [0, 0.05) is 11.8 Å². The lowest BCUT2D eigenvalue weighted by Gasteiger charge is -2.05. The normalized spacial score (nSPS) is 10.8. The van der Waals surface area contributed by atoms with Crippen molar-refractivity contribution in [2.45, 2.75) is 6.92 Å². The van der Waals surface area contributed by atoms with Gasteiger partial charge in [-0.3, -0.25) is 4.79 Å². The smallest absolute Gasteiger partial charge is 0.328 e. The molecule has 1 aromatic carbocycles. The Morgan fingerprint density at radius 3 is 2.76 bits per heavy atom. The molecule has 108 valence electrons. The number of aliphatic carboxylic acids is 1. The second kappa shape index (κ2) is 6.56. The maximum absolute atomic E-state index is 12.1. The molecule has 0 aliphatic carbocycles. The van der Waals surface area contributed by atoms with Gasteiger partial charge in [-0.05, 0) is 41.6 Å². The van der Waals surface area contributed by atoms with Crippen molar-refractivity contribution in [1.29, 1.82) is 0 Å². The van der Waals surface area contributed by atoms with E-state index in [1.165, 1.54) is 17.4 Å². The van der Waals surface area contributed by atoms with Gasteiger partial charge in [-0.2, -0.15) is 0 Å². The molecule has 0 aliphatic heterocycles. The van der Waals surface area contributed by atoms with Crippen molar-refractivity contribution < 1.29 is 14.7 Å². The van der Waals surface area contributed by atoms with Crippen molar-refractivity contribution in [3.63, 3.8) is 0 Å². The third kappa shape index (κ3) is 3.93. The minimum atomic E-state index is -1.02. The lowest BCUT2D eigenvalue weighted by Crippen LogP contribution is -2.10. The van der Waals surface area contributed by atoms with Gasteiger partial charge in [0.05, 0.1) is 5.02 Å². The topological polar surface area (TPSA) is 66.4 Å². The number of carboxylic acid groups (broad SMARTS) is 1. The molecule has 0 saturated heterocycles. The molecule has 1 amide bonds. The first-order valence-electron chi connectivity index (χ1n) is 6.03. The minimum absolute atomic E-state index is 0.280. The van der Waals surface area contributed by atoms with Gasteiger partial charge in [0.1, 0.15) is 4.88 Å². The van der Waals surface area contributed by atoms with E-state index < -0.39 is 5.97 Å². The molecule has 0 spiro atoms. The zero-order valence-corrected chi connectivity index (χ0v) is 12.7. The van der Waals surface area contributed by atoms with E-state index in [0.29, 0.717) is 21.2 Å². The van der Waals surface area contributed by atoms with Crippen LogP contribution in [0, 0.1) is 6.92 Å². The minimum Gasteiger partial charge on any atom is -0.478 e. The Morgan fingerprint density at radius 1 is 1.38 bits per heavy atom. The number of carbonyl (C=O) groups is 2. The second-order valence-corrected chi connectivity index (χ2v) is 5.57. The van der Waals surface area contributed by atoms with Gasteiger partial charge in [0.15, 0.2) is 0 Å². The van der Waals surface area contributed by atoms with Crippen molar-refractivity contribution >= 4 is 46.6 Å². The van der Waals surface area contributed by atoms with Crippen molar-refractivity contribution in [3.05, 3.63) is 56.7 Å². The summed E-state index contributed by atoms with van der Waals surface area (Å²) in [7, 11) is 0. The molecule has 0 bridgehead atoms. The first-order valence-corrected chi connectivity index (χ1v) is 7.29. The standard InChI is InChI=1S/C15H12ClNO3S/c1-9-8-21-14(13(9)16)15(20)17-11-4-2-3-10(7-11)5-6-12(18)19/h2-8H,1H3,(H,17,20)(H,18,19)/b6-5+. The lowest BCUT2D eigenvalue weighted by molar-refractivity contribution is -0.131. The summed E-state index contributed by atoms with van der Waals surface area (Å²) in [4.78, 5) is 23.1. The molecular weight excluding hydrogens is 310 g/mol. The Balaban J connectivity index is 2.16. The van der Waals surface area contributed by atoms with E-state index in [2.05, 4.69) is 5.32 Å². The van der Waals surface area contributed by atoms with Crippen LogP contribution in [0.3, 0.4) is 0 Å². The van der Waals surface area contributed by atoms with Crippen molar-refractivity contribution in [2.24, 2.45) is 0 Å². The number of anilines is 1. The van der Waals surface area contributed by atoms with Gasteiger partial charge in [0.25, 0.3) is 5.91 Å². The van der Waals surface area contributed by atoms with E-state index in [9.17, 15) is 9.59 Å². The molecule has 21 heavy (non-hydrogen) atoms.